The summed E-state index contributed by atoms with van der Waals surface area (Å²) in [7, 11) is -4.11. The minimum atomic E-state index is -4.11. The smallest absolute Gasteiger partial charge is 0.386 e. The van der Waals surface area contributed by atoms with Crippen molar-refractivity contribution in [1.29, 1.82) is 0 Å². The Labute approximate surface area is 189 Å². The van der Waals surface area contributed by atoms with E-state index >= 15 is 0 Å². The standard InChI is InChI=1S/C27H25O4P/c1-20-13-11-19-26(22(20)3)30-32(28,29-25-17-9-7-12-21(25)2)31-27-18-10-8-16-24(27)23-14-5-4-6-15-23/h4-19H,1-3H3. The van der Waals surface area contributed by atoms with Gasteiger partial charge in [-0.3, -0.25) is 0 Å². The van der Waals surface area contributed by atoms with Gasteiger partial charge in [-0.1, -0.05) is 78.9 Å². The highest BCUT2D eigenvalue weighted by atomic mass is 31.2. The molecule has 0 aliphatic rings. The van der Waals surface area contributed by atoms with Crippen molar-refractivity contribution in [2.45, 2.75) is 20.8 Å². The third-order valence-corrected chi connectivity index (χ3v) is 6.51. The van der Waals surface area contributed by atoms with Gasteiger partial charge in [-0.05, 0) is 61.2 Å². The molecule has 1 atom stereocenters. The van der Waals surface area contributed by atoms with Gasteiger partial charge >= 0.3 is 7.82 Å². The fraction of sp³-hybridized carbons (Fsp3) is 0.111. The van der Waals surface area contributed by atoms with Gasteiger partial charge in [-0.25, -0.2) is 0 Å². The zero-order valence-electron chi connectivity index (χ0n) is 18.3. The van der Waals surface area contributed by atoms with E-state index < -0.39 is 7.82 Å². The van der Waals surface area contributed by atoms with Gasteiger partial charge in [0.2, 0.25) is 0 Å². The van der Waals surface area contributed by atoms with Gasteiger partial charge in [0.05, 0.1) is 0 Å². The number of aryl methyl sites for hydroxylation is 2. The van der Waals surface area contributed by atoms with Crippen LogP contribution in [0, 0.1) is 20.8 Å². The molecule has 0 aliphatic heterocycles. The average molecular weight is 444 g/mol. The van der Waals surface area contributed by atoms with E-state index in [1.54, 1.807) is 18.2 Å². The molecule has 0 saturated heterocycles. The Hall–Kier alpha value is -3.49. The monoisotopic (exact) mass is 444 g/mol. The van der Waals surface area contributed by atoms with Crippen LogP contribution in [0.25, 0.3) is 11.1 Å². The number of hydrogen-bond donors (Lipinski definition) is 0. The van der Waals surface area contributed by atoms with Crippen LogP contribution < -0.4 is 13.6 Å². The average Bonchev–Trinajstić information content (AvgIpc) is 2.79. The third kappa shape index (κ3) is 4.87. The Balaban J connectivity index is 1.76. The van der Waals surface area contributed by atoms with Crippen LogP contribution in [0.1, 0.15) is 16.7 Å². The first-order valence-corrected chi connectivity index (χ1v) is 11.9. The van der Waals surface area contributed by atoms with Gasteiger partial charge in [-0.15, -0.1) is 0 Å². The molecule has 162 valence electrons. The summed E-state index contributed by atoms with van der Waals surface area (Å²) >= 11 is 0. The number of para-hydroxylation sites is 2. The van der Waals surface area contributed by atoms with Crippen LogP contribution in [-0.2, 0) is 4.57 Å². The van der Waals surface area contributed by atoms with Crippen molar-refractivity contribution in [2.75, 3.05) is 0 Å². The molecule has 4 rings (SSSR count). The number of benzene rings is 4. The van der Waals surface area contributed by atoms with Crippen LogP contribution >= 0.6 is 7.82 Å². The molecule has 0 fully saturated rings. The molecule has 0 heterocycles. The van der Waals surface area contributed by atoms with Crippen LogP contribution in [-0.4, -0.2) is 0 Å². The Kier molecular flexibility index (Phi) is 6.34. The lowest BCUT2D eigenvalue weighted by Crippen LogP contribution is -2.09. The van der Waals surface area contributed by atoms with Crippen molar-refractivity contribution in [3.63, 3.8) is 0 Å². The van der Waals surface area contributed by atoms with Crippen molar-refractivity contribution >= 4 is 7.82 Å². The van der Waals surface area contributed by atoms with Gasteiger partial charge in [-0.2, -0.15) is 4.57 Å². The molecule has 4 aromatic carbocycles. The maximum absolute atomic E-state index is 14.1. The summed E-state index contributed by atoms with van der Waals surface area (Å²) in [6.07, 6.45) is 0. The molecule has 1 unspecified atom stereocenters. The van der Waals surface area contributed by atoms with Gasteiger partial charge in [0.15, 0.2) is 0 Å². The molecule has 32 heavy (non-hydrogen) atoms. The predicted molar refractivity (Wildman–Crippen MR) is 128 cm³/mol. The normalized spacial score (nSPS) is 12.6. The summed E-state index contributed by atoms with van der Waals surface area (Å²) in [5.74, 6) is 1.32. The van der Waals surface area contributed by atoms with E-state index in [0.29, 0.717) is 17.2 Å². The largest absolute Gasteiger partial charge is 0.647 e. The molecule has 4 aromatic rings. The van der Waals surface area contributed by atoms with Crippen molar-refractivity contribution in [2.24, 2.45) is 0 Å². The van der Waals surface area contributed by atoms with E-state index in [0.717, 1.165) is 27.8 Å². The molecule has 0 spiro atoms. The van der Waals surface area contributed by atoms with Crippen molar-refractivity contribution in [3.05, 3.63) is 114 Å². The lowest BCUT2D eigenvalue weighted by atomic mass is 10.1. The first kappa shape index (κ1) is 21.7. The van der Waals surface area contributed by atoms with Crippen molar-refractivity contribution in [3.8, 4) is 28.4 Å². The fourth-order valence-corrected chi connectivity index (χ4v) is 4.70. The van der Waals surface area contributed by atoms with Crippen LogP contribution in [0.2, 0.25) is 0 Å². The number of phosphoric ester groups is 1. The van der Waals surface area contributed by atoms with Crippen LogP contribution in [0.5, 0.6) is 17.2 Å². The molecular formula is C27H25O4P. The van der Waals surface area contributed by atoms with Crippen LogP contribution in [0.4, 0.5) is 0 Å². The fourth-order valence-electron chi connectivity index (χ4n) is 3.30. The SMILES string of the molecule is Cc1ccccc1OP(=O)(Oc1ccccc1-c1ccccc1)Oc1cccc(C)c1C. The van der Waals surface area contributed by atoms with E-state index in [4.69, 9.17) is 13.6 Å². The van der Waals surface area contributed by atoms with Crippen molar-refractivity contribution in [1.82, 2.24) is 0 Å². The topological polar surface area (TPSA) is 44.8 Å². The summed E-state index contributed by atoms with van der Waals surface area (Å²) in [5, 5.41) is 0. The van der Waals surface area contributed by atoms with Gasteiger partial charge in [0, 0.05) is 5.56 Å². The second-order valence-corrected chi connectivity index (χ2v) is 8.99. The summed E-state index contributed by atoms with van der Waals surface area (Å²) < 4.78 is 32.0. The Morgan fingerprint density at radius 1 is 0.531 bits per heavy atom. The lowest BCUT2D eigenvalue weighted by molar-refractivity contribution is 0.297. The highest BCUT2D eigenvalue weighted by Gasteiger charge is 2.35. The lowest BCUT2D eigenvalue weighted by Gasteiger charge is -2.22. The first-order chi connectivity index (χ1) is 15.5. The molecule has 0 amide bonds. The summed E-state index contributed by atoms with van der Waals surface area (Å²) in [6, 6.07) is 30.2. The Morgan fingerprint density at radius 3 is 1.81 bits per heavy atom. The second-order valence-electron chi connectivity index (χ2n) is 7.55. The van der Waals surface area contributed by atoms with Crippen LogP contribution in [0.15, 0.2) is 97.1 Å². The van der Waals surface area contributed by atoms with E-state index in [2.05, 4.69) is 0 Å². The number of rotatable bonds is 7. The Morgan fingerprint density at radius 2 is 1.06 bits per heavy atom. The zero-order valence-corrected chi connectivity index (χ0v) is 19.2. The summed E-state index contributed by atoms with van der Waals surface area (Å²) in [6.45, 7) is 5.77. The van der Waals surface area contributed by atoms with Crippen LogP contribution in [0.3, 0.4) is 0 Å². The number of hydrogen-bond acceptors (Lipinski definition) is 4. The molecule has 0 aromatic heterocycles. The van der Waals surface area contributed by atoms with E-state index in [-0.39, 0.29) is 0 Å². The maximum atomic E-state index is 14.1. The predicted octanol–water partition coefficient (Wildman–Crippen LogP) is 7.92. The minimum absolute atomic E-state index is 0.418. The molecule has 0 saturated carbocycles. The van der Waals surface area contributed by atoms with E-state index in [1.165, 1.54) is 0 Å². The summed E-state index contributed by atoms with van der Waals surface area (Å²) in [4.78, 5) is 0. The van der Waals surface area contributed by atoms with Gasteiger partial charge in [0.1, 0.15) is 17.2 Å². The molecule has 0 aliphatic carbocycles. The summed E-state index contributed by atoms with van der Waals surface area (Å²) in [5.41, 5.74) is 4.47. The zero-order chi connectivity index (χ0) is 22.6. The molecule has 5 heteroatoms. The molecule has 0 N–H and O–H groups in total. The molecule has 0 radical (unpaired) electrons. The highest BCUT2D eigenvalue weighted by molar-refractivity contribution is 7.49. The highest BCUT2D eigenvalue weighted by Crippen LogP contribution is 2.52. The Bertz CT molecular complexity index is 1270. The van der Waals surface area contributed by atoms with E-state index in [9.17, 15) is 4.57 Å². The van der Waals surface area contributed by atoms with Gasteiger partial charge in [0.25, 0.3) is 0 Å². The molecular weight excluding hydrogens is 419 g/mol. The maximum Gasteiger partial charge on any atom is 0.647 e. The second kappa shape index (κ2) is 9.33. The quantitative estimate of drug-likeness (QED) is 0.272. The molecule has 4 nitrogen and oxygen atoms in total. The van der Waals surface area contributed by atoms with Gasteiger partial charge < -0.3 is 13.6 Å². The third-order valence-electron chi connectivity index (χ3n) is 5.25. The van der Waals surface area contributed by atoms with E-state index in [1.807, 2.05) is 99.6 Å². The molecule has 0 bridgehead atoms. The minimum Gasteiger partial charge on any atom is -0.386 e. The number of phosphoric acid groups is 1. The van der Waals surface area contributed by atoms with Crippen molar-refractivity contribution < 1.29 is 18.1 Å². The first-order valence-electron chi connectivity index (χ1n) is 10.4.